The van der Waals surface area contributed by atoms with Gasteiger partial charge in [0.2, 0.25) is 5.91 Å². The molecule has 0 aromatic heterocycles. The Kier molecular flexibility index (Phi) is 7.05. The number of rotatable bonds is 7. The second kappa shape index (κ2) is 9.50. The number of benzene rings is 2. The molecule has 5 nitrogen and oxygen atoms in total. The van der Waals surface area contributed by atoms with Crippen molar-refractivity contribution < 1.29 is 9.59 Å². The highest BCUT2D eigenvalue weighted by Crippen LogP contribution is 2.12. The number of hydrogen-bond donors (Lipinski definition) is 2. The lowest BCUT2D eigenvalue weighted by Crippen LogP contribution is -2.44. The zero-order chi connectivity index (χ0) is 18.1. The van der Waals surface area contributed by atoms with Crippen LogP contribution < -0.4 is 10.6 Å². The van der Waals surface area contributed by atoms with Crippen LogP contribution in [-0.2, 0) is 4.79 Å². The topological polar surface area (TPSA) is 82.0 Å². The van der Waals surface area contributed by atoms with Crippen molar-refractivity contribution in [3.8, 4) is 6.07 Å². The molecule has 0 aliphatic carbocycles. The van der Waals surface area contributed by atoms with Crippen LogP contribution in [0.3, 0.4) is 0 Å². The van der Waals surface area contributed by atoms with Crippen molar-refractivity contribution in [1.82, 2.24) is 5.32 Å². The average Bonchev–Trinajstić information content (AvgIpc) is 2.65. The van der Waals surface area contributed by atoms with E-state index in [1.807, 2.05) is 18.4 Å². The van der Waals surface area contributed by atoms with Crippen molar-refractivity contribution in [2.24, 2.45) is 0 Å². The molecular weight excluding hydrogens is 334 g/mol. The van der Waals surface area contributed by atoms with Gasteiger partial charge in [-0.1, -0.05) is 24.3 Å². The Balaban J connectivity index is 2.08. The first-order valence-electron chi connectivity index (χ1n) is 7.80. The van der Waals surface area contributed by atoms with Crippen molar-refractivity contribution in [2.75, 3.05) is 17.3 Å². The molecule has 128 valence electrons. The molecule has 0 aliphatic heterocycles. The Morgan fingerprint density at radius 2 is 1.92 bits per heavy atom. The van der Waals surface area contributed by atoms with E-state index in [1.54, 1.807) is 60.3 Å². The average molecular weight is 353 g/mol. The molecule has 0 radical (unpaired) electrons. The number of hydrogen-bond acceptors (Lipinski definition) is 4. The fourth-order valence-electron chi connectivity index (χ4n) is 2.23. The molecule has 2 amide bonds. The Morgan fingerprint density at radius 3 is 2.60 bits per heavy atom. The van der Waals surface area contributed by atoms with E-state index in [4.69, 9.17) is 5.26 Å². The van der Waals surface area contributed by atoms with Gasteiger partial charge in [0.05, 0.1) is 11.6 Å². The summed E-state index contributed by atoms with van der Waals surface area (Å²) in [6, 6.07) is 16.9. The van der Waals surface area contributed by atoms with Crippen LogP contribution >= 0.6 is 11.8 Å². The minimum absolute atomic E-state index is 0.285. The highest BCUT2D eigenvalue weighted by molar-refractivity contribution is 7.98. The molecule has 0 bridgehead atoms. The summed E-state index contributed by atoms with van der Waals surface area (Å²) in [6.07, 6.45) is 2.47. The molecule has 6 heteroatoms. The Labute approximate surface area is 151 Å². The van der Waals surface area contributed by atoms with Crippen molar-refractivity contribution in [3.05, 3.63) is 65.7 Å². The molecule has 2 aromatic rings. The van der Waals surface area contributed by atoms with Crippen molar-refractivity contribution in [2.45, 2.75) is 12.5 Å². The highest BCUT2D eigenvalue weighted by atomic mass is 32.2. The summed E-state index contributed by atoms with van der Waals surface area (Å²) in [5.74, 6) is 0.159. The molecule has 1 atom stereocenters. The first-order valence-corrected chi connectivity index (χ1v) is 9.19. The smallest absolute Gasteiger partial charge is 0.251 e. The van der Waals surface area contributed by atoms with E-state index in [1.165, 1.54) is 0 Å². The summed E-state index contributed by atoms with van der Waals surface area (Å²) in [7, 11) is 0. The second-order valence-electron chi connectivity index (χ2n) is 5.36. The van der Waals surface area contributed by atoms with Gasteiger partial charge in [0, 0.05) is 11.3 Å². The van der Waals surface area contributed by atoms with E-state index in [-0.39, 0.29) is 11.8 Å². The number of nitrogens with zero attached hydrogens (tertiary/aromatic N) is 1. The normalized spacial score (nSPS) is 11.2. The second-order valence-corrected chi connectivity index (χ2v) is 6.34. The van der Waals surface area contributed by atoms with E-state index in [0.29, 0.717) is 23.2 Å². The van der Waals surface area contributed by atoms with Crippen molar-refractivity contribution in [3.63, 3.8) is 0 Å². The Morgan fingerprint density at radius 1 is 1.16 bits per heavy atom. The van der Waals surface area contributed by atoms with Gasteiger partial charge in [-0.2, -0.15) is 17.0 Å². The van der Waals surface area contributed by atoms with E-state index in [2.05, 4.69) is 10.6 Å². The van der Waals surface area contributed by atoms with Gasteiger partial charge < -0.3 is 10.6 Å². The molecule has 0 heterocycles. The minimum Gasteiger partial charge on any atom is -0.340 e. The maximum absolute atomic E-state index is 12.6. The standard InChI is InChI=1S/C19H19N3O2S/c1-25-11-10-17(22-18(23)15-7-3-2-4-8-15)19(24)21-16-9-5-6-14(12-16)13-20/h2-9,12,17H,10-11H2,1H3,(H,21,24)(H,22,23)/t17-/m1/s1. The van der Waals surface area contributed by atoms with E-state index in [0.717, 1.165) is 5.75 Å². The van der Waals surface area contributed by atoms with Crippen LogP contribution in [0.15, 0.2) is 54.6 Å². The predicted molar refractivity (Wildman–Crippen MR) is 100 cm³/mol. The van der Waals surface area contributed by atoms with Gasteiger partial charge in [-0.3, -0.25) is 9.59 Å². The summed E-state index contributed by atoms with van der Waals surface area (Å²) in [4.78, 5) is 24.9. The molecule has 0 aliphatic rings. The largest absolute Gasteiger partial charge is 0.340 e. The minimum atomic E-state index is -0.647. The summed E-state index contributed by atoms with van der Waals surface area (Å²) < 4.78 is 0. The molecule has 0 unspecified atom stereocenters. The molecule has 0 saturated carbocycles. The number of anilines is 1. The maximum Gasteiger partial charge on any atom is 0.251 e. The van der Waals surface area contributed by atoms with Crippen molar-refractivity contribution in [1.29, 1.82) is 5.26 Å². The molecule has 0 saturated heterocycles. The number of nitrogens with one attached hydrogen (secondary N) is 2. The lowest BCUT2D eigenvalue weighted by Gasteiger charge is -2.18. The van der Waals surface area contributed by atoms with Gasteiger partial charge in [0.1, 0.15) is 6.04 Å². The SMILES string of the molecule is CSCC[C@@H](NC(=O)c1ccccc1)C(=O)Nc1cccc(C#N)c1. The fourth-order valence-corrected chi connectivity index (χ4v) is 2.70. The number of carbonyl (C=O) groups excluding carboxylic acids is 2. The van der Waals surface area contributed by atoms with Crippen LogP contribution in [0, 0.1) is 11.3 Å². The van der Waals surface area contributed by atoms with Gasteiger partial charge in [-0.15, -0.1) is 0 Å². The van der Waals surface area contributed by atoms with Gasteiger partial charge in [-0.05, 0) is 48.8 Å². The van der Waals surface area contributed by atoms with Crippen LogP contribution in [0.2, 0.25) is 0 Å². The molecule has 0 spiro atoms. The quantitative estimate of drug-likeness (QED) is 0.801. The first kappa shape index (κ1) is 18.6. The van der Waals surface area contributed by atoms with Gasteiger partial charge in [0.25, 0.3) is 5.91 Å². The van der Waals surface area contributed by atoms with Crippen molar-refractivity contribution >= 4 is 29.3 Å². The zero-order valence-corrected chi connectivity index (χ0v) is 14.7. The van der Waals surface area contributed by atoms with Crippen LogP contribution in [0.25, 0.3) is 0 Å². The van der Waals surface area contributed by atoms with Gasteiger partial charge in [-0.25, -0.2) is 0 Å². The van der Waals surface area contributed by atoms with Gasteiger partial charge in [0.15, 0.2) is 0 Å². The first-order chi connectivity index (χ1) is 12.1. The third-order valence-corrected chi connectivity index (χ3v) is 4.17. The maximum atomic E-state index is 12.6. The Bertz CT molecular complexity index is 772. The number of amides is 2. The van der Waals surface area contributed by atoms with E-state index >= 15 is 0 Å². The fraction of sp³-hybridized carbons (Fsp3) is 0.211. The summed E-state index contributed by atoms with van der Waals surface area (Å²) >= 11 is 1.61. The Hall–Kier alpha value is -2.78. The zero-order valence-electron chi connectivity index (χ0n) is 13.9. The summed E-state index contributed by atoms with van der Waals surface area (Å²) in [5, 5.41) is 14.5. The molecule has 2 N–H and O–H groups in total. The summed E-state index contributed by atoms with van der Waals surface area (Å²) in [5.41, 5.74) is 1.51. The number of nitriles is 1. The third-order valence-electron chi connectivity index (χ3n) is 3.53. The van der Waals surface area contributed by atoms with Crippen LogP contribution in [0.1, 0.15) is 22.3 Å². The van der Waals surface area contributed by atoms with Crippen LogP contribution in [0.4, 0.5) is 5.69 Å². The summed E-state index contributed by atoms with van der Waals surface area (Å²) in [6.45, 7) is 0. The van der Waals surface area contributed by atoms with E-state index < -0.39 is 6.04 Å². The predicted octanol–water partition coefficient (Wildman–Crippen LogP) is 3.05. The molecular formula is C19H19N3O2S. The van der Waals surface area contributed by atoms with E-state index in [9.17, 15) is 9.59 Å². The third kappa shape index (κ3) is 5.66. The van der Waals surface area contributed by atoms with Crippen LogP contribution in [0.5, 0.6) is 0 Å². The number of thioether (sulfide) groups is 1. The molecule has 0 fully saturated rings. The van der Waals surface area contributed by atoms with Crippen LogP contribution in [-0.4, -0.2) is 29.9 Å². The van der Waals surface area contributed by atoms with Gasteiger partial charge >= 0.3 is 0 Å². The monoisotopic (exact) mass is 353 g/mol. The number of carbonyl (C=O) groups is 2. The molecule has 2 aromatic carbocycles. The lowest BCUT2D eigenvalue weighted by molar-refractivity contribution is -0.118. The highest BCUT2D eigenvalue weighted by Gasteiger charge is 2.21. The molecule has 2 rings (SSSR count). The molecule has 25 heavy (non-hydrogen) atoms. The lowest BCUT2D eigenvalue weighted by atomic mass is 10.1.